The van der Waals surface area contributed by atoms with Gasteiger partial charge >= 0.3 is 0 Å². The third-order valence-electron chi connectivity index (χ3n) is 4.96. The lowest BCUT2D eigenvalue weighted by molar-refractivity contribution is -0.136. The number of carbonyl (C=O) groups is 2. The fourth-order valence-corrected chi connectivity index (χ4v) is 3.48. The fraction of sp³-hybridized carbons (Fsp3) is 0.450. The lowest BCUT2D eigenvalue weighted by Crippen LogP contribution is -2.52. The molecule has 1 fully saturated rings. The van der Waals surface area contributed by atoms with E-state index in [4.69, 9.17) is 4.74 Å². The smallest absolute Gasteiger partial charge is 0.254 e. The number of nitrogens with zero attached hydrogens (tertiary/aromatic N) is 4. The summed E-state index contributed by atoms with van der Waals surface area (Å²) in [7, 11) is 1.58. The van der Waals surface area contributed by atoms with E-state index in [1.807, 2.05) is 43.9 Å². The zero-order chi connectivity index (χ0) is 19.6. The van der Waals surface area contributed by atoms with Gasteiger partial charge in [0.25, 0.3) is 5.91 Å². The highest BCUT2D eigenvalue weighted by atomic mass is 16.5. The molecule has 3 rings (SSSR count). The summed E-state index contributed by atoms with van der Waals surface area (Å²) in [6.45, 7) is 7.83. The maximum absolute atomic E-state index is 12.8. The van der Waals surface area contributed by atoms with Crippen LogP contribution in [0.15, 0.2) is 30.3 Å². The van der Waals surface area contributed by atoms with Crippen molar-refractivity contribution in [3.63, 3.8) is 0 Å². The summed E-state index contributed by atoms with van der Waals surface area (Å²) in [5.74, 6) is 0.663. The number of aryl methyl sites for hydroxylation is 2. The number of methoxy groups -OCH3 is 1. The Morgan fingerprint density at radius 1 is 1.07 bits per heavy atom. The zero-order valence-corrected chi connectivity index (χ0v) is 16.3. The van der Waals surface area contributed by atoms with Crippen LogP contribution >= 0.6 is 0 Å². The van der Waals surface area contributed by atoms with Crippen molar-refractivity contribution in [1.82, 2.24) is 19.6 Å². The Labute approximate surface area is 159 Å². The molecule has 1 aromatic carbocycles. The highest BCUT2D eigenvalue weighted by molar-refractivity contribution is 5.94. The van der Waals surface area contributed by atoms with E-state index in [2.05, 4.69) is 5.10 Å². The molecule has 1 aromatic heterocycles. The van der Waals surface area contributed by atoms with Gasteiger partial charge in [0, 0.05) is 37.4 Å². The predicted molar refractivity (Wildman–Crippen MR) is 102 cm³/mol. The normalized spacial score (nSPS) is 15.6. The molecule has 0 N–H and O–H groups in total. The molecule has 27 heavy (non-hydrogen) atoms. The Bertz CT molecular complexity index is 838. The van der Waals surface area contributed by atoms with Crippen molar-refractivity contribution in [1.29, 1.82) is 0 Å². The van der Waals surface area contributed by atoms with Gasteiger partial charge in [-0.1, -0.05) is 6.07 Å². The van der Waals surface area contributed by atoms with Crippen molar-refractivity contribution >= 4 is 11.8 Å². The van der Waals surface area contributed by atoms with Gasteiger partial charge in [0.1, 0.15) is 11.8 Å². The van der Waals surface area contributed by atoms with E-state index in [1.165, 1.54) is 0 Å². The second-order valence-electron chi connectivity index (χ2n) is 6.90. The summed E-state index contributed by atoms with van der Waals surface area (Å²) in [6, 6.07) is 8.77. The van der Waals surface area contributed by atoms with E-state index >= 15 is 0 Å². The molecule has 144 valence electrons. The Balaban J connectivity index is 1.61. The quantitative estimate of drug-likeness (QED) is 0.826. The van der Waals surface area contributed by atoms with Crippen LogP contribution in [0.3, 0.4) is 0 Å². The number of aromatic nitrogens is 2. The minimum Gasteiger partial charge on any atom is -0.497 e. The van der Waals surface area contributed by atoms with Gasteiger partial charge in [-0.05, 0) is 45.0 Å². The van der Waals surface area contributed by atoms with Gasteiger partial charge in [-0.2, -0.15) is 5.10 Å². The van der Waals surface area contributed by atoms with E-state index in [0.29, 0.717) is 37.5 Å². The van der Waals surface area contributed by atoms with Crippen molar-refractivity contribution in [3.05, 3.63) is 47.3 Å². The van der Waals surface area contributed by atoms with Crippen LogP contribution in [0.2, 0.25) is 0 Å². The lowest BCUT2D eigenvalue weighted by Gasteiger charge is -2.36. The second kappa shape index (κ2) is 7.82. The molecule has 2 aromatic rings. The average molecular weight is 370 g/mol. The first kappa shape index (κ1) is 18.9. The summed E-state index contributed by atoms with van der Waals surface area (Å²) in [4.78, 5) is 29.1. The lowest BCUT2D eigenvalue weighted by atomic mass is 10.1. The van der Waals surface area contributed by atoms with E-state index in [9.17, 15) is 9.59 Å². The fourth-order valence-electron chi connectivity index (χ4n) is 3.48. The summed E-state index contributed by atoms with van der Waals surface area (Å²) >= 11 is 0. The number of hydrogen-bond donors (Lipinski definition) is 0. The van der Waals surface area contributed by atoms with E-state index in [1.54, 1.807) is 28.8 Å². The topological polar surface area (TPSA) is 67.7 Å². The molecule has 7 heteroatoms. The molecule has 0 unspecified atom stereocenters. The summed E-state index contributed by atoms with van der Waals surface area (Å²) in [5.41, 5.74) is 2.48. The number of carbonyl (C=O) groups excluding carboxylic acids is 2. The van der Waals surface area contributed by atoms with Gasteiger partial charge < -0.3 is 14.5 Å². The van der Waals surface area contributed by atoms with Crippen LogP contribution in [0, 0.1) is 13.8 Å². The van der Waals surface area contributed by atoms with Gasteiger partial charge in [0.15, 0.2) is 0 Å². The first-order valence-electron chi connectivity index (χ1n) is 9.15. The molecule has 0 spiro atoms. The molecule has 1 aliphatic rings. The highest BCUT2D eigenvalue weighted by Gasteiger charge is 2.29. The average Bonchev–Trinajstić information content (AvgIpc) is 3.04. The van der Waals surface area contributed by atoms with E-state index in [-0.39, 0.29) is 17.9 Å². The minimum atomic E-state index is -0.348. The van der Waals surface area contributed by atoms with Crippen LogP contribution in [0.5, 0.6) is 5.75 Å². The zero-order valence-electron chi connectivity index (χ0n) is 16.3. The van der Waals surface area contributed by atoms with Crippen LogP contribution in [-0.2, 0) is 4.79 Å². The van der Waals surface area contributed by atoms with Gasteiger partial charge in [-0.3, -0.25) is 14.3 Å². The van der Waals surface area contributed by atoms with Crippen molar-refractivity contribution in [3.8, 4) is 5.75 Å². The van der Waals surface area contributed by atoms with E-state index in [0.717, 1.165) is 11.4 Å². The molecular weight excluding hydrogens is 344 g/mol. The molecule has 0 aliphatic carbocycles. The number of hydrogen-bond acceptors (Lipinski definition) is 4. The van der Waals surface area contributed by atoms with Crippen LogP contribution in [0.25, 0.3) is 0 Å². The Morgan fingerprint density at radius 3 is 2.33 bits per heavy atom. The molecule has 1 atom stereocenters. The summed E-state index contributed by atoms with van der Waals surface area (Å²) in [5, 5.41) is 4.42. The van der Waals surface area contributed by atoms with Gasteiger partial charge in [-0.25, -0.2) is 0 Å². The molecule has 2 heterocycles. The Hall–Kier alpha value is -2.83. The summed E-state index contributed by atoms with van der Waals surface area (Å²) < 4.78 is 6.96. The van der Waals surface area contributed by atoms with Crippen LogP contribution in [0.4, 0.5) is 0 Å². The van der Waals surface area contributed by atoms with Crippen LogP contribution < -0.4 is 4.74 Å². The molecular formula is C20H26N4O3. The SMILES string of the molecule is COc1cccc(C(=O)N2CCN(C(=O)[C@H](C)n3nc(C)cc3C)CC2)c1. The maximum atomic E-state index is 12.8. The monoisotopic (exact) mass is 370 g/mol. The minimum absolute atomic E-state index is 0.0346. The molecule has 0 radical (unpaired) electrons. The molecule has 7 nitrogen and oxygen atoms in total. The first-order valence-corrected chi connectivity index (χ1v) is 9.15. The van der Waals surface area contributed by atoms with Crippen molar-refractivity contribution < 1.29 is 14.3 Å². The number of ether oxygens (including phenoxy) is 1. The first-order chi connectivity index (χ1) is 12.9. The van der Waals surface area contributed by atoms with Gasteiger partial charge in [-0.15, -0.1) is 0 Å². The highest BCUT2D eigenvalue weighted by Crippen LogP contribution is 2.18. The molecule has 0 saturated carbocycles. The van der Waals surface area contributed by atoms with Gasteiger partial charge in [0.05, 0.1) is 12.8 Å². The maximum Gasteiger partial charge on any atom is 0.254 e. The third kappa shape index (κ3) is 3.97. The predicted octanol–water partition coefficient (Wildman–Crippen LogP) is 2.05. The van der Waals surface area contributed by atoms with Crippen molar-refractivity contribution in [2.75, 3.05) is 33.3 Å². The Morgan fingerprint density at radius 2 is 1.74 bits per heavy atom. The number of amides is 2. The van der Waals surface area contributed by atoms with Crippen LogP contribution in [0.1, 0.15) is 34.7 Å². The molecule has 0 bridgehead atoms. The van der Waals surface area contributed by atoms with Crippen molar-refractivity contribution in [2.24, 2.45) is 0 Å². The summed E-state index contributed by atoms with van der Waals surface area (Å²) in [6.07, 6.45) is 0. The Kier molecular flexibility index (Phi) is 5.48. The number of piperazine rings is 1. The molecule has 1 aliphatic heterocycles. The number of rotatable bonds is 4. The van der Waals surface area contributed by atoms with Gasteiger partial charge in [0.2, 0.25) is 5.91 Å². The third-order valence-corrected chi connectivity index (χ3v) is 4.96. The largest absolute Gasteiger partial charge is 0.497 e. The standard InChI is InChI=1S/C20H26N4O3/c1-14-12-15(2)24(21-14)16(3)19(25)22-8-10-23(11-9-22)20(26)17-6-5-7-18(13-17)27-4/h5-7,12-13,16H,8-11H2,1-4H3/t16-/m0/s1. The second-order valence-corrected chi connectivity index (χ2v) is 6.90. The molecule has 1 saturated heterocycles. The van der Waals surface area contributed by atoms with E-state index < -0.39 is 0 Å². The van der Waals surface area contributed by atoms with Crippen molar-refractivity contribution in [2.45, 2.75) is 26.8 Å². The number of benzene rings is 1. The van der Waals surface area contributed by atoms with Crippen LogP contribution in [-0.4, -0.2) is 64.7 Å². The molecule has 2 amide bonds.